The number of benzene rings is 2. The van der Waals surface area contributed by atoms with Gasteiger partial charge in [-0.1, -0.05) is 19.1 Å². The van der Waals surface area contributed by atoms with E-state index in [0.717, 1.165) is 12.1 Å². The van der Waals surface area contributed by atoms with Crippen LogP contribution in [0.1, 0.15) is 22.8 Å². The highest BCUT2D eigenvalue weighted by Crippen LogP contribution is 2.35. The second-order valence-electron chi connectivity index (χ2n) is 4.56. The van der Waals surface area contributed by atoms with Gasteiger partial charge in [0.1, 0.15) is 11.4 Å². The van der Waals surface area contributed by atoms with E-state index >= 15 is 0 Å². The van der Waals surface area contributed by atoms with Crippen molar-refractivity contribution in [3.8, 4) is 11.1 Å². The first-order valence-corrected chi connectivity index (χ1v) is 6.28. The molecule has 23 heavy (non-hydrogen) atoms. The second-order valence-corrected chi connectivity index (χ2v) is 4.56. The van der Waals surface area contributed by atoms with Crippen molar-refractivity contribution in [2.75, 3.05) is 0 Å². The van der Waals surface area contributed by atoms with Gasteiger partial charge in [0.2, 0.25) is 5.82 Å². The lowest BCUT2D eigenvalue weighted by Crippen LogP contribution is -2.10. The van der Waals surface area contributed by atoms with Crippen LogP contribution in [0.25, 0.3) is 11.1 Å². The first-order valence-electron chi connectivity index (χ1n) is 6.28. The smallest absolute Gasteiger partial charge is 0.339 e. The molecule has 2 aromatic carbocycles. The molecule has 8 heteroatoms. The highest BCUT2D eigenvalue weighted by Gasteiger charge is 2.30. The van der Waals surface area contributed by atoms with Gasteiger partial charge in [0.05, 0.1) is 5.56 Å². The zero-order valence-corrected chi connectivity index (χ0v) is 11.5. The van der Waals surface area contributed by atoms with Gasteiger partial charge in [-0.3, -0.25) is 0 Å². The number of hydrogen-bond donors (Lipinski definition) is 1. The quantitative estimate of drug-likeness (QED) is 0.512. The minimum absolute atomic E-state index is 0.0729. The van der Waals surface area contributed by atoms with Crippen LogP contribution < -0.4 is 0 Å². The average molecular weight is 334 g/mol. The third-order valence-corrected chi connectivity index (χ3v) is 3.30. The largest absolute Gasteiger partial charge is 0.478 e. The molecular weight excluding hydrogens is 326 g/mol. The summed E-state index contributed by atoms with van der Waals surface area (Å²) in [5.41, 5.74) is -3.65. The number of carbonyl (C=O) groups is 1. The van der Waals surface area contributed by atoms with Crippen molar-refractivity contribution in [2.45, 2.75) is 13.3 Å². The van der Waals surface area contributed by atoms with Crippen LogP contribution in [0.3, 0.4) is 0 Å². The number of rotatable bonds is 3. The first kappa shape index (κ1) is 16.9. The Hall–Kier alpha value is -2.51. The molecule has 0 atom stereocenters. The standard InChI is InChI=1S/C15H8F6O2/c1-2-5-3-4-6(8(9(5)16)15(22)23)7-10(17)12(19)14(21)13(20)11(7)18/h3-4H,2H2,1H3,(H,22,23). The molecule has 0 aromatic heterocycles. The molecule has 0 saturated carbocycles. The number of hydrogen-bond acceptors (Lipinski definition) is 1. The Morgan fingerprint density at radius 2 is 1.35 bits per heavy atom. The number of carboxylic acid groups (broad SMARTS) is 1. The highest BCUT2D eigenvalue weighted by molar-refractivity contribution is 5.96. The van der Waals surface area contributed by atoms with Crippen molar-refractivity contribution in [2.24, 2.45) is 0 Å². The van der Waals surface area contributed by atoms with Gasteiger partial charge in [0, 0.05) is 5.56 Å². The van der Waals surface area contributed by atoms with Crippen LogP contribution in [0.5, 0.6) is 0 Å². The van der Waals surface area contributed by atoms with Crippen LogP contribution in [-0.4, -0.2) is 11.1 Å². The van der Waals surface area contributed by atoms with Gasteiger partial charge in [0.25, 0.3) is 0 Å². The Balaban J connectivity index is 2.94. The Bertz CT molecular complexity index is 787. The number of carboxylic acids is 1. The highest BCUT2D eigenvalue weighted by atomic mass is 19.2. The Labute approximate surface area is 126 Å². The van der Waals surface area contributed by atoms with Crippen molar-refractivity contribution in [1.29, 1.82) is 0 Å². The summed E-state index contributed by atoms with van der Waals surface area (Å²) in [7, 11) is 0. The maximum absolute atomic E-state index is 14.1. The molecule has 122 valence electrons. The van der Waals surface area contributed by atoms with Crippen LogP contribution in [0.2, 0.25) is 0 Å². The van der Waals surface area contributed by atoms with E-state index in [1.807, 2.05) is 0 Å². The van der Waals surface area contributed by atoms with Gasteiger partial charge in [-0.05, 0) is 12.0 Å². The van der Waals surface area contributed by atoms with E-state index < -0.39 is 57.6 Å². The summed E-state index contributed by atoms with van der Waals surface area (Å²) in [5.74, 6) is -14.5. The minimum Gasteiger partial charge on any atom is -0.478 e. The Kier molecular flexibility index (Phi) is 4.35. The van der Waals surface area contributed by atoms with E-state index in [1.165, 1.54) is 6.92 Å². The molecule has 0 aliphatic heterocycles. The molecule has 1 N–H and O–H groups in total. The molecule has 0 spiro atoms. The van der Waals surface area contributed by atoms with E-state index in [2.05, 4.69) is 0 Å². The van der Waals surface area contributed by atoms with Gasteiger partial charge < -0.3 is 5.11 Å². The number of halogens is 6. The van der Waals surface area contributed by atoms with Crippen molar-refractivity contribution < 1.29 is 36.2 Å². The molecule has 2 nitrogen and oxygen atoms in total. The summed E-state index contributed by atoms with van der Waals surface area (Å²) in [6, 6.07) is 1.83. The molecule has 0 radical (unpaired) electrons. The number of aromatic carboxylic acids is 1. The monoisotopic (exact) mass is 334 g/mol. The SMILES string of the molecule is CCc1ccc(-c2c(F)c(F)c(F)c(F)c2F)c(C(=O)O)c1F. The average Bonchev–Trinajstić information content (AvgIpc) is 2.51. The summed E-state index contributed by atoms with van der Waals surface area (Å²) in [5, 5.41) is 9.06. The zero-order chi connectivity index (χ0) is 17.5. The van der Waals surface area contributed by atoms with Gasteiger partial charge in [-0.15, -0.1) is 0 Å². The summed E-state index contributed by atoms with van der Waals surface area (Å²) in [6.45, 7) is 1.50. The Morgan fingerprint density at radius 3 is 1.78 bits per heavy atom. The maximum Gasteiger partial charge on any atom is 0.339 e. The minimum atomic E-state index is -2.38. The van der Waals surface area contributed by atoms with E-state index in [1.54, 1.807) is 0 Å². The Morgan fingerprint density at radius 1 is 0.870 bits per heavy atom. The van der Waals surface area contributed by atoms with Crippen LogP contribution in [-0.2, 0) is 6.42 Å². The fraction of sp³-hybridized carbons (Fsp3) is 0.133. The molecule has 0 fully saturated rings. The summed E-state index contributed by atoms with van der Waals surface area (Å²) in [6.07, 6.45) is 0.0729. The lowest BCUT2D eigenvalue weighted by Gasteiger charge is -2.13. The molecule has 0 aliphatic carbocycles. The van der Waals surface area contributed by atoms with Crippen molar-refractivity contribution in [1.82, 2.24) is 0 Å². The van der Waals surface area contributed by atoms with E-state index in [9.17, 15) is 31.1 Å². The summed E-state index contributed by atoms with van der Waals surface area (Å²) in [4.78, 5) is 11.2. The third kappa shape index (κ3) is 2.54. The molecule has 0 amide bonds. The zero-order valence-electron chi connectivity index (χ0n) is 11.5. The van der Waals surface area contributed by atoms with Crippen molar-refractivity contribution in [3.05, 3.63) is 58.2 Å². The summed E-state index contributed by atoms with van der Waals surface area (Å²) < 4.78 is 81.3. The fourth-order valence-electron chi connectivity index (χ4n) is 2.15. The molecular formula is C15H8F6O2. The number of aryl methyl sites for hydroxylation is 1. The first-order chi connectivity index (χ1) is 10.7. The van der Waals surface area contributed by atoms with Crippen LogP contribution in [0, 0.1) is 34.9 Å². The van der Waals surface area contributed by atoms with Crippen LogP contribution in [0.4, 0.5) is 26.3 Å². The van der Waals surface area contributed by atoms with E-state index in [4.69, 9.17) is 5.11 Å². The van der Waals surface area contributed by atoms with Crippen LogP contribution >= 0.6 is 0 Å². The van der Waals surface area contributed by atoms with Gasteiger partial charge in [-0.25, -0.2) is 31.1 Å². The molecule has 2 rings (SSSR count). The molecule has 0 unspecified atom stereocenters. The molecule has 2 aromatic rings. The van der Waals surface area contributed by atoms with Crippen molar-refractivity contribution in [3.63, 3.8) is 0 Å². The molecule has 0 saturated heterocycles. The van der Waals surface area contributed by atoms with E-state index in [0.29, 0.717) is 0 Å². The fourth-order valence-corrected chi connectivity index (χ4v) is 2.15. The van der Waals surface area contributed by atoms with Crippen LogP contribution in [0.15, 0.2) is 12.1 Å². The topological polar surface area (TPSA) is 37.3 Å². The van der Waals surface area contributed by atoms with Gasteiger partial charge in [-0.2, -0.15) is 0 Å². The maximum atomic E-state index is 14.1. The third-order valence-electron chi connectivity index (χ3n) is 3.30. The lowest BCUT2D eigenvalue weighted by atomic mass is 9.94. The molecule has 0 aliphatic rings. The molecule has 0 heterocycles. The lowest BCUT2D eigenvalue weighted by molar-refractivity contribution is 0.0692. The van der Waals surface area contributed by atoms with E-state index in [-0.39, 0.29) is 12.0 Å². The predicted octanol–water partition coefficient (Wildman–Crippen LogP) is 4.45. The van der Waals surface area contributed by atoms with Crippen molar-refractivity contribution >= 4 is 5.97 Å². The van der Waals surface area contributed by atoms with Gasteiger partial charge >= 0.3 is 5.97 Å². The normalized spacial score (nSPS) is 10.9. The molecule has 0 bridgehead atoms. The van der Waals surface area contributed by atoms with Gasteiger partial charge in [0.15, 0.2) is 23.3 Å². The second kappa shape index (κ2) is 5.94. The summed E-state index contributed by atoms with van der Waals surface area (Å²) >= 11 is 0. The predicted molar refractivity (Wildman–Crippen MR) is 68.0 cm³/mol.